The Labute approximate surface area is 135 Å². The van der Waals surface area contributed by atoms with Crippen LogP contribution in [0.2, 0.25) is 0 Å². The topological polar surface area (TPSA) is 42.0 Å². The van der Waals surface area contributed by atoms with Gasteiger partial charge in [0.05, 0.1) is 31.9 Å². The molecule has 0 aromatic carbocycles. The molecule has 0 bridgehead atoms. The molecule has 5 nitrogen and oxygen atoms in total. The predicted molar refractivity (Wildman–Crippen MR) is 86.4 cm³/mol. The Morgan fingerprint density at radius 3 is 3.09 bits per heavy atom. The number of carbonyl (C=O) groups is 1. The van der Waals surface area contributed by atoms with Crippen LogP contribution in [0.1, 0.15) is 10.4 Å². The first-order valence-corrected chi connectivity index (χ1v) is 8.53. The van der Waals surface area contributed by atoms with E-state index in [-0.39, 0.29) is 5.91 Å². The van der Waals surface area contributed by atoms with Crippen molar-refractivity contribution in [1.29, 1.82) is 0 Å². The number of ether oxygens (including phenoxy) is 2. The van der Waals surface area contributed by atoms with E-state index in [1.54, 1.807) is 11.3 Å². The van der Waals surface area contributed by atoms with E-state index in [0.29, 0.717) is 32.9 Å². The third-order valence-electron chi connectivity index (χ3n) is 4.12. The van der Waals surface area contributed by atoms with Gasteiger partial charge in [0, 0.05) is 31.6 Å². The van der Waals surface area contributed by atoms with E-state index in [1.165, 1.54) is 0 Å². The van der Waals surface area contributed by atoms with Crippen molar-refractivity contribution in [2.24, 2.45) is 0 Å². The lowest BCUT2D eigenvalue weighted by atomic mass is 10.0. The van der Waals surface area contributed by atoms with Gasteiger partial charge in [0.1, 0.15) is 5.60 Å². The van der Waals surface area contributed by atoms with Crippen molar-refractivity contribution in [2.75, 3.05) is 52.5 Å². The summed E-state index contributed by atoms with van der Waals surface area (Å²) in [4.78, 5) is 16.8. The lowest BCUT2D eigenvalue weighted by Crippen LogP contribution is -2.59. The van der Waals surface area contributed by atoms with Crippen LogP contribution in [0.3, 0.4) is 0 Å². The Morgan fingerprint density at radius 2 is 2.32 bits per heavy atom. The molecule has 22 heavy (non-hydrogen) atoms. The summed E-state index contributed by atoms with van der Waals surface area (Å²) < 4.78 is 11.8. The Morgan fingerprint density at radius 1 is 1.41 bits per heavy atom. The molecule has 2 aliphatic rings. The first-order valence-electron chi connectivity index (χ1n) is 7.59. The molecule has 0 saturated carbocycles. The van der Waals surface area contributed by atoms with E-state index in [2.05, 4.69) is 11.5 Å². The van der Waals surface area contributed by atoms with Crippen molar-refractivity contribution in [1.82, 2.24) is 9.80 Å². The van der Waals surface area contributed by atoms with Crippen LogP contribution in [-0.4, -0.2) is 73.9 Å². The van der Waals surface area contributed by atoms with Gasteiger partial charge >= 0.3 is 0 Å². The highest BCUT2D eigenvalue weighted by molar-refractivity contribution is 7.08. The SMILES string of the molecule is C=CCN1CCOCC2(C1)CN(C(=O)c1ccsc1)CCO2. The quantitative estimate of drug-likeness (QED) is 0.791. The molecule has 2 fully saturated rings. The van der Waals surface area contributed by atoms with Gasteiger partial charge in [0.15, 0.2) is 0 Å². The molecular weight excluding hydrogens is 300 g/mol. The van der Waals surface area contributed by atoms with Crippen LogP contribution in [0.4, 0.5) is 0 Å². The fraction of sp³-hybridized carbons (Fsp3) is 0.562. The highest BCUT2D eigenvalue weighted by Crippen LogP contribution is 2.24. The average molecular weight is 322 g/mol. The van der Waals surface area contributed by atoms with Crippen LogP contribution < -0.4 is 0 Å². The van der Waals surface area contributed by atoms with Gasteiger partial charge in [-0.25, -0.2) is 0 Å². The standard InChI is InChI=1S/C16H22N2O3S/c1-2-4-17-5-7-20-13-16(11-17)12-18(6-8-21-16)15(19)14-3-9-22-10-14/h2-3,9-10H,1,4-8,11-13H2. The van der Waals surface area contributed by atoms with Crippen LogP contribution >= 0.6 is 11.3 Å². The maximum atomic E-state index is 12.6. The predicted octanol–water partition coefficient (Wildman–Crippen LogP) is 1.48. The maximum Gasteiger partial charge on any atom is 0.254 e. The largest absolute Gasteiger partial charge is 0.377 e. The second-order valence-electron chi connectivity index (χ2n) is 5.85. The number of rotatable bonds is 3. The highest BCUT2D eigenvalue weighted by atomic mass is 32.1. The van der Waals surface area contributed by atoms with Gasteiger partial charge in [0.2, 0.25) is 0 Å². The number of hydrogen-bond donors (Lipinski definition) is 0. The van der Waals surface area contributed by atoms with Crippen LogP contribution in [0.25, 0.3) is 0 Å². The van der Waals surface area contributed by atoms with Gasteiger partial charge in [-0.15, -0.1) is 6.58 Å². The summed E-state index contributed by atoms with van der Waals surface area (Å²) in [7, 11) is 0. The molecule has 1 aromatic rings. The first kappa shape index (κ1) is 15.7. The highest BCUT2D eigenvalue weighted by Gasteiger charge is 2.41. The molecule has 0 N–H and O–H groups in total. The van der Waals surface area contributed by atoms with Crippen LogP contribution in [-0.2, 0) is 9.47 Å². The molecule has 2 aliphatic heterocycles. The van der Waals surface area contributed by atoms with Gasteiger partial charge in [-0.1, -0.05) is 6.08 Å². The number of hydrogen-bond acceptors (Lipinski definition) is 5. The van der Waals surface area contributed by atoms with Crippen molar-refractivity contribution in [3.05, 3.63) is 35.0 Å². The lowest BCUT2D eigenvalue weighted by Gasteiger charge is -2.43. The Hall–Kier alpha value is -1.21. The summed E-state index contributed by atoms with van der Waals surface area (Å²) in [5, 5.41) is 3.84. The van der Waals surface area contributed by atoms with Gasteiger partial charge in [0.25, 0.3) is 5.91 Å². The minimum absolute atomic E-state index is 0.0865. The molecule has 1 spiro atoms. The van der Waals surface area contributed by atoms with E-state index < -0.39 is 5.60 Å². The van der Waals surface area contributed by atoms with Crippen LogP contribution in [0.15, 0.2) is 29.5 Å². The minimum atomic E-state index is -0.427. The summed E-state index contributed by atoms with van der Waals surface area (Å²) in [5.41, 5.74) is 0.336. The van der Waals surface area contributed by atoms with E-state index in [0.717, 1.165) is 25.2 Å². The summed E-state index contributed by atoms with van der Waals surface area (Å²) in [5.74, 6) is 0.0865. The zero-order valence-electron chi connectivity index (χ0n) is 12.7. The fourth-order valence-electron chi connectivity index (χ4n) is 3.09. The Bertz CT molecular complexity index is 519. The lowest BCUT2D eigenvalue weighted by molar-refractivity contribution is -0.132. The summed E-state index contributed by atoms with van der Waals surface area (Å²) in [6.07, 6.45) is 1.90. The van der Waals surface area contributed by atoms with E-state index in [9.17, 15) is 4.79 Å². The van der Waals surface area contributed by atoms with E-state index in [4.69, 9.17) is 9.47 Å². The number of thiophene rings is 1. The molecule has 1 amide bonds. The average Bonchev–Trinajstić information content (AvgIpc) is 2.99. The summed E-state index contributed by atoms with van der Waals surface area (Å²) in [6.45, 7) is 9.26. The Kier molecular flexibility index (Phi) is 4.93. The zero-order chi connectivity index (χ0) is 15.4. The van der Waals surface area contributed by atoms with Crippen molar-refractivity contribution >= 4 is 17.2 Å². The second-order valence-corrected chi connectivity index (χ2v) is 6.63. The molecule has 0 aliphatic carbocycles. The molecule has 6 heteroatoms. The Balaban J connectivity index is 1.72. The first-order chi connectivity index (χ1) is 10.7. The normalized spacial score (nSPS) is 26.8. The number of carbonyl (C=O) groups excluding carboxylic acids is 1. The van der Waals surface area contributed by atoms with Gasteiger partial charge in [-0.2, -0.15) is 11.3 Å². The third-order valence-corrected chi connectivity index (χ3v) is 4.80. The smallest absolute Gasteiger partial charge is 0.254 e. The van der Waals surface area contributed by atoms with Gasteiger partial charge in [-0.05, 0) is 11.4 Å². The van der Waals surface area contributed by atoms with Gasteiger partial charge in [-0.3, -0.25) is 9.69 Å². The van der Waals surface area contributed by atoms with Crippen molar-refractivity contribution in [3.63, 3.8) is 0 Å². The molecule has 1 aromatic heterocycles. The van der Waals surface area contributed by atoms with Crippen molar-refractivity contribution < 1.29 is 14.3 Å². The second kappa shape index (κ2) is 6.91. The summed E-state index contributed by atoms with van der Waals surface area (Å²) in [6, 6.07) is 1.88. The number of amides is 1. The van der Waals surface area contributed by atoms with Crippen LogP contribution in [0.5, 0.6) is 0 Å². The molecule has 0 radical (unpaired) electrons. The van der Waals surface area contributed by atoms with E-state index >= 15 is 0 Å². The summed E-state index contributed by atoms with van der Waals surface area (Å²) >= 11 is 1.55. The number of nitrogens with zero attached hydrogens (tertiary/aromatic N) is 2. The molecule has 120 valence electrons. The van der Waals surface area contributed by atoms with Crippen molar-refractivity contribution in [2.45, 2.75) is 5.60 Å². The third kappa shape index (κ3) is 3.41. The molecule has 1 unspecified atom stereocenters. The van der Waals surface area contributed by atoms with E-state index in [1.807, 2.05) is 27.8 Å². The molecule has 1 atom stereocenters. The monoisotopic (exact) mass is 322 g/mol. The van der Waals surface area contributed by atoms with Gasteiger partial charge < -0.3 is 14.4 Å². The zero-order valence-corrected chi connectivity index (χ0v) is 13.5. The van der Waals surface area contributed by atoms with Crippen LogP contribution in [0, 0.1) is 0 Å². The maximum absolute atomic E-state index is 12.6. The molecule has 2 saturated heterocycles. The molecular formula is C16H22N2O3S. The molecule has 3 rings (SSSR count). The van der Waals surface area contributed by atoms with Crippen molar-refractivity contribution in [3.8, 4) is 0 Å². The fourth-order valence-corrected chi connectivity index (χ4v) is 3.72. The number of morpholine rings is 1. The molecule has 3 heterocycles. The minimum Gasteiger partial charge on any atom is -0.377 e.